The number of nitrogens with one attached hydrogen (secondary N) is 1. The van der Waals surface area contributed by atoms with Gasteiger partial charge in [-0.25, -0.2) is 0 Å². The smallest absolute Gasteiger partial charge is 0.0636 e. The molecule has 0 spiro atoms. The van der Waals surface area contributed by atoms with Crippen LogP contribution in [0.2, 0.25) is 0 Å². The Balaban J connectivity index is 0.00000161. The topological polar surface area (TPSA) is 40.9 Å². The maximum Gasteiger partial charge on any atom is 0.0636 e. The first-order valence-corrected chi connectivity index (χ1v) is 7.67. The molecule has 2 saturated carbocycles. The monoisotopic (exact) mass is 318 g/mol. The Kier molecular flexibility index (Phi) is 4.19. The molecule has 112 valence electrons. The van der Waals surface area contributed by atoms with E-state index in [-0.39, 0.29) is 27.6 Å². The molecule has 0 aromatic heterocycles. The second-order valence-electron chi connectivity index (χ2n) is 6.94. The SMILES string of the molecule is C=C1C2CCC(C2)C1(C([NH-])=O)C1=C(C)C(C)=C(C)C1C.[Ti]. The van der Waals surface area contributed by atoms with Crippen molar-refractivity contribution < 1.29 is 26.5 Å². The van der Waals surface area contributed by atoms with Crippen LogP contribution < -0.4 is 0 Å². The van der Waals surface area contributed by atoms with Gasteiger partial charge >= 0.3 is 0 Å². The predicted octanol–water partition coefficient (Wildman–Crippen LogP) is 4.84. The van der Waals surface area contributed by atoms with E-state index >= 15 is 0 Å². The van der Waals surface area contributed by atoms with E-state index in [1.807, 2.05) is 0 Å². The van der Waals surface area contributed by atoms with E-state index in [0.717, 1.165) is 24.8 Å². The molecular weight excluding hydrogens is 294 g/mol. The fourth-order valence-electron chi connectivity index (χ4n) is 5.12. The molecule has 3 aliphatic carbocycles. The van der Waals surface area contributed by atoms with Crippen LogP contribution in [-0.2, 0) is 26.5 Å². The number of rotatable bonds is 2. The predicted molar refractivity (Wildman–Crippen MR) is 82.0 cm³/mol. The van der Waals surface area contributed by atoms with Crippen LogP contribution in [0.5, 0.6) is 0 Å². The molecule has 3 aliphatic rings. The van der Waals surface area contributed by atoms with Crippen molar-refractivity contribution in [3.8, 4) is 0 Å². The van der Waals surface area contributed by atoms with Gasteiger partial charge in [-0.15, -0.1) is 0 Å². The summed E-state index contributed by atoms with van der Waals surface area (Å²) in [6, 6.07) is 0. The zero-order valence-corrected chi connectivity index (χ0v) is 15.0. The Bertz CT molecular complexity index is 586. The minimum Gasteiger partial charge on any atom is -0.667 e. The molecule has 21 heavy (non-hydrogen) atoms. The van der Waals surface area contributed by atoms with Crippen LogP contribution in [-0.4, -0.2) is 5.91 Å². The number of allylic oxidation sites excluding steroid dienone is 3. The first kappa shape index (κ1) is 16.8. The second-order valence-corrected chi connectivity index (χ2v) is 6.94. The van der Waals surface area contributed by atoms with E-state index in [1.54, 1.807) is 0 Å². The Morgan fingerprint density at radius 1 is 1.24 bits per heavy atom. The third-order valence-corrected chi connectivity index (χ3v) is 6.47. The molecule has 3 rings (SSSR count). The van der Waals surface area contributed by atoms with E-state index in [1.165, 1.54) is 22.3 Å². The van der Waals surface area contributed by atoms with Gasteiger partial charge in [-0.2, -0.15) is 0 Å². The molecule has 0 aromatic rings. The van der Waals surface area contributed by atoms with Gasteiger partial charge in [-0.3, -0.25) is 0 Å². The summed E-state index contributed by atoms with van der Waals surface area (Å²) in [6.45, 7) is 12.9. The summed E-state index contributed by atoms with van der Waals surface area (Å²) in [5.74, 6) is 0.637. The second kappa shape index (κ2) is 5.24. The molecule has 2 bridgehead atoms. The Morgan fingerprint density at radius 2 is 1.86 bits per heavy atom. The van der Waals surface area contributed by atoms with Crippen molar-refractivity contribution in [3.05, 3.63) is 40.2 Å². The van der Waals surface area contributed by atoms with Crippen molar-refractivity contribution in [2.45, 2.75) is 47.0 Å². The largest absolute Gasteiger partial charge is 0.667 e. The minimum absolute atomic E-state index is 0. The fraction of sp³-hybridized carbons (Fsp3) is 0.611. The average Bonchev–Trinajstić information content (AvgIpc) is 3.02. The molecule has 2 nitrogen and oxygen atoms in total. The van der Waals surface area contributed by atoms with E-state index in [4.69, 9.17) is 5.73 Å². The number of fused-ring (bicyclic) bond motifs is 2. The zero-order valence-electron chi connectivity index (χ0n) is 13.5. The van der Waals surface area contributed by atoms with Gasteiger partial charge in [0.25, 0.3) is 0 Å². The van der Waals surface area contributed by atoms with Crippen molar-refractivity contribution in [2.24, 2.45) is 23.2 Å². The number of carbonyl (C=O) groups excluding carboxylic acids is 1. The van der Waals surface area contributed by atoms with Gasteiger partial charge in [-0.05, 0) is 68.6 Å². The van der Waals surface area contributed by atoms with Gasteiger partial charge in [0.2, 0.25) is 0 Å². The summed E-state index contributed by atoms with van der Waals surface area (Å²) in [4.78, 5) is 12.4. The van der Waals surface area contributed by atoms with Gasteiger partial charge < -0.3 is 10.5 Å². The van der Waals surface area contributed by atoms with Crippen LogP contribution in [0.4, 0.5) is 0 Å². The van der Waals surface area contributed by atoms with Crippen LogP contribution in [0.25, 0.3) is 5.73 Å². The van der Waals surface area contributed by atoms with Gasteiger partial charge in [0.15, 0.2) is 0 Å². The summed E-state index contributed by atoms with van der Waals surface area (Å²) < 4.78 is 0. The van der Waals surface area contributed by atoms with Gasteiger partial charge in [0.05, 0.1) is 11.3 Å². The van der Waals surface area contributed by atoms with Crippen molar-refractivity contribution in [3.63, 3.8) is 0 Å². The van der Waals surface area contributed by atoms with Crippen molar-refractivity contribution in [2.75, 3.05) is 0 Å². The van der Waals surface area contributed by atoms with Crippen LogP contribution in [0.3, 0.4) is 0 Å². The molecule has 1 N–H and O–H groups in total. The summed E-state index contributed by atoms with van der Waals surface area (Å²) in [7, 11) is 0. The van der Waals surface area contributed by atoms with Crippen LogP contribution >= 0.6 is 0 Å². The first-order chi connectivity index (χ1) is 9.33. The molecule has 0 aliphatic heterocycles. The van der Waals surface area contributed by atoms with Gasteiger partial charge in [-0.1, -0.05) is 24.6 Å². The quantitative estimate of drug-likeness (QED) is 0.530. The van der Waals surface area contributed by atoms with E-state index in [2.05, 4.69) is 34.3 Å². The minimum atomic E-state index is -0.675. The summed E-state index contributed by atoms with van der Waals surface area (Å²) in [5, 5.41) is 0. The van der Waals surface area contributed by atoms with Crippen LogP contribution in [0.15, 0.2) is 34.4 Å². The number of hydrogen-bond acceptors (Lipinski definition) is 1. The number of carbonyl (C=O) groups is 1. The zero-order chi connectivity index (χ0) is 14.8. The van der Waals surface area contributed by atoms with Crippen molar-refractivity contribution in [1.29, 1.82) is 0 Å². The molecule has 0 radical (unpaired) electrons. The maximum atomic E-state index is 12.4. The van der Waals surface area contributed by atoms with Crippen molar-refractivity contribution in [1.82, 2.24) is 0 Å². The van der Waals surface area contributed by atoms with Crippen LogP contribution in [0.1, 0.15) is 47.0 Å². The molecule has 0 heterocycles. The summed E-state index contributed by atoms with van der Waals surface area (Å²) in [5.41, 5.74) is 13.5. The molecule has 4 atom stereocenters. The molecular formula is C18H24NOTi-. The third kappa shape index (κ3) is 1.85. The third-order valence-electron chi connectivity index (χ3n) is 6.47. The summed E-state index contributed by atoms with van der Waals surface area (Å²) >= 11 is 0. The molecule has 1 amide bonds. The molecule has 4 unspecified atom stereocenters. The Morgan fingerprint density at radius 3 is 2.24 bits per heavy atom. The van der Waals surface area contributed by atoms with E-state index < -0.39 is 11.3 Å². The molecule has 0 saturated heterocycles. The number of amides is 1. The molecule has 2 fully saturated rings. The van der Waals surface area contributed by atoms with Crippen molar-refractivity contribution >= 4 is 5.91 Å². The van der Waals surface area contributed by atoms with Gasteiger partial charge in [0.1, 0.15) is 0 Å². The standard InChI is InChI=1S/C18H25NO.Ti/c1-9-10(2)12(4)16(11(9)3)18(17(19)20)13(5)14-6-7-15(18)8-14;/h11,14-15H,5-8H2,1-4H3,(H2,19,20);/p-1. The van der Waals surface area contributed by atoms with Crippen LogP contribution in [0, 0.1) is 23.2 Å². The number of hydrogen-bond donors (Lipinski definition) is 0. The fourth-order valence-corrected chi connectivity index (χ4v) is 5.12. The average molecular weight is 318 g/mol. The van der Waals surface area contributed by atoms with E-state index in [9.17, 15) is 4.79 Å². The Hall–Kier alpha value is -0.596. The molecule has 3 heteroatoms. The molecule has 0 aromatic carbocycles. The van der Waals surface area contributed by atoms with Gasteiger partial charge in [0, 0.05) is 27.6 Å². The maximum absolute atomic E-state index is 12.4. The first-order valence-electron chi connectivity index (χ1n) is 7.67. The summed E-state index contributed by atoms with van der Waals surface area (Å²) in [6.07, 6.45) is 3.30. The Labute approximate surface area is 142 Å². The van der Waals surface area contributed by atoms with E-state index in [0.29, 0.717) is 11.8 Å². The normalized spacial score (nSPS) is 38.3.